The number of hydrogen-bond acceptors (Lipinski definition) is 0. The van der Waals surface area contributed by atoms with Gasteiger partial charge in [-0.05, 0) is 0 Å². The maximum atomic E-state index is 4.37. The van der Waals surface area contributed by atoms with Crippen LogP contribution in [0.5, 0.6) is 0 Å². The molecule has 2 aliphatic carbocycles. The van der Waals surface area contributed by atoms with Gasteiger partial charge in [-0.1, -0.05) is 0 Å². The minimum atomic E-state index is -1.97. The number of fused-ring (bicyclic) bond motifs is 3. The van der Waals surface area contributed by atoms with Crippen molar-refractivity contribution in [3.05, 3.63) is 85.0 Å². The zero-order valence-corrected chi connectivity index (χ0v) is 17.6. The predicted molar refractivity (Wildman–Crippen MR) is 91.0 cm³/mol. The summed E-state index contributed by atoms with van der Waals surface area (Å²) in [6.45, 7) is 6.62. The molecule has 0 spiro atoms. The van der Waals surface area contributed by atoms with Crippen LogP contribution in [0.2, 0.25) is 0 Å². The molecule has 0 saturated heterocycles. The van der Waals surface area contributed by atoms with Crippen LogP contribution < -0.4 is 28.1 Å². The Kier molecular flexibility index (Phi) is 6.48. The smallest absolute Gasteiger partial charge is 1.00 e. The first-order valence-corrected chi connectivity index (χ1v) is 11.5. The molecule has 0 fully saturated rings. The third-order valence-electron chi connectivity index (χ3n) is 4.64. The molecule has 24 heavy (non-hydrogen) atoms. The third kappa shape index (κ3) is 3.27. The Morgan fingerprint density at radius 1 is 1.00 bits per heavy atom. The van der Waals surface area contributed by atoms with Crippen molar-refractivity contribution < 1.29 is 46.6 Å². The van der Waals surface area contributed by atoms with E-state index in [-0.39, 0.29) is 24.8 Å². The fraction of sp³-hybridized carbons (Fsp3) is 0.143. The Morgan fingerprint density at radius 3 is 2.46 bits per heavy atom. The zero-order valence-electron chi connectivity index (χ0n) is 13.7. The molecular formula is C21H19Cl2Zr. The van der Waals surface area contributed by atoms with Crippen LogP contribution in [-0.2, 0) is 28.2 Å². The number of hydrogen-bond donors (Lipinski definition) is 0. The van der Waals surface area contributed by atoms with Gasteiger partial charge >= 0.3 is 141 Å². The summed E-state index contributed by atoms with van der Waals surface area (Å²) < 4.78 is 4.74. The van der Waals surface area contributed by atoms with Crippen molar-refractivity contribution in [1.82, 2.24) is 0 Å². The molecule has 0 aliphatic heterocycles. The monoisotopic (exact) mass is 431 g/mol. The van der Waals surface area contributed by atoms with Crippen LogP contribution in [0.3, 0.4) is 0 Å². The molecule has 0 nitrogen and oxygen atoms in total. The molecule has 0 amide bonds. The Bertz CT molecular complexity index is 833. The minimum absolute atomic E-state index is 0. The van der Waals surface area contributed by atoms with Crippen molar-refractivity contribution in [3.8, 4) is 11.1 Å². The summed E-state index contributed by atoms with van der Waals surface area (Å²) in [5.41, 5.74) is 5.95. The molecule has 2 aromatic carbocycles. The van der Waals surface area contributed by atoms with Gasteiger partial charge in [0.1, 0.15) is 0 Å². The van der Waals surface area contributed by atoms with Gasteiger partial charge in [-0.3, -0.25) is 0 Å². The third-order valence-corrected chi connectivity index (χ3v) is 11.7. The summed E-state index contributed by atoms with van der Waals surface area (Å²) in [6.07, 6.45) is 9.09. The van der Waals surface area contributed by atoms with Gasteiger partial charge < -0.3 is 24.8 Å². The molecule has 0 aromatic heterocycles. The van der Waals surface area contributed by atoms with E-state index in [1.165, 1.54) is 20.0 Å². The number of rotatable bonds is 3. The summed E-state index contributed by atoms with van der Waals surface area (Å²) in [6, 6.07) is 15.8. The second-order valence-corrected chi connectivity index (χ2v) is 13.0. The van der Waals surface area contributed by atoms with Gasteiger partial charge in [0, 0.05) is 0 Å². The summed E-state index contributed by atoms with van der Waals surface area (Å²) in [5, 5.41) is 0. The van der Waals surface area contributed by atoms with Crippen molar-refractivity contribution in [1.29, 1.82) is 0 Å². The number of allylic oxidation sites excluding steroid dienone is 5. The summed E-state index contributed by atoms with van der Waals surface area (Å²) in [4.78, 5) is 0. The average Bonchev–Trinajstić information content (AvgIpc) is 3.15. The van der Waals surface area contributed by atoms with Crippen LogP contribution in [0.4, 0.5) is 0 Å². The van der Waals surface area contributed by atoms with E-state index in [1.807, 2.05) is 0 Å². The molecule has 3 heteroatoms. The molecule has 0 unspecified atom stereocenters. The molecule has 0 heterocycles. The summed E-state index contributed by atoms with van der Waals surface area (Å²) in [5.74, 6) is 0. The van der Waals surface area contributed by atoms with Gasteiger partial charge in [-0.15, -0.1) is 0 Å². The minimum Gasteiger partial charge on any atom is -1.00 e. The molecule has 121 valence electrons. The first-order valence-electron chi connectivity index (χ1n) is 7.85. The van der Waals surface area contributed by atoms with Crippen molar-refractivity contribution in [2.75, 3.05) is 0 Å². The van der Waals surface area contributed by atoms with Gasteiger partial charge in [0.15, 0.2) is 0 Å². The second kappa shape index (κ2) is 8.00. The standard InChI is InChI=1S/C13H9.C5H5.C3H5.2ClH.Zr/c1-3-7-12-10(5-1)9-11-6-2-4-8-13(11)12;1-2-4-5-3-1;1-3-2;;;/h1-5,7-8H,9H2;1-3H,4H2;1H2,2H3;2*1H;/q;;;;;+2/p-2. The van der Waals surface area contributed by atoms with Gasteiger partial charge in [0.2, 0.25) is 0 Å². The SMILES string of the molecule is C=[C](C)[Zr+2]([C]1=CC=CC1)[c]1cccc2c1Cc1ccccc1-2.[Cl-].[Cl-]. The van der Waals surface area contributed by atoms with Crippen molar-refractivity contribution in [3.63, 3.8) is 0 Å². The Labute approximate surface area is 164 Å². The van der Waals surface area contributed by atoms with Gasteiger partial charge in [-0.2, -0.15) is 0 Å². The van der Waals surface area contributed by atoms with E-state index < -0.39 is 21.8 Å². The quantitative estimate of drug-likeness (QED) is 0.492. The van der Waals surface area contributed by atoms with E-state index in [0.717, 1.165) is 12.8 Å². The zero-order chi connectivity index (χ0) is 15.1. The van der Waals surface area contributed by atoms with Crippen molar-refractivity contribution >= 4 is 3.27 Å². The molecule has 4 rings (SSSR count). The summed E-state index contributed by atoms with van der Waals surface area (Å²) >= 11 is -1.97. The van der Waals surface area contributed by atoms with E-state index >= 15 is 0 Å². The summed E-state index contributed by atoms with van der Waals surface area (Å²) in [7, 11) is 0. The first-order chi connectivity index (χ1) is 10.8. The van der Waals surface area contributed by atoms with Crippen LogP contribution in [-0.4, -0.2) is 0 Å². The first kappa shape index (κ1) is 19.4. The van der Waals surface area contributed by atoms with E-state index in [9.17, 15) is 0 Å². The normalized spacial score (nSPS) is 13.3. The molecule has 0 bridgehead atoms. The van der Waals surface area contributed by atoms with E-state index in [2.05, 4.69) is 74.2 Å². The fourth-order valence-corrected chi connectivity index (χ4v) is 10.4. The topological polar surface area (TPSA) is 0 Å². The molecule has 2 aliphatic rings. The van der Waals surface area contributed by atoms with Gasteiger partial charge in [-0.25, -0.2) is 0 Å². The molecule has 0 radical (unpaired) electrons. The number of halogens is 2. The van der Waals surface area contributed by atoms with E-state index in [4.69, 9.17) is 0 Å². The molecular weight excluding hydrogens is 414 g/mol. The number of benzene rings is 2. The molecule has 0 N–H and O–H groups in total. The molecule has 0 atom stereocenters. The van der Waals surface area contributed by atoms with Crippen LogP contribution in [0.1, 0.15) is 24.5 Å². The van der Waals surface area contributed by atoms with Crippen LogP contribution in [0, 0.1) is 0 Å². The maximum absolute atomic E-state index is 4.37. The van der Waals surface area contributed by atoms with Crippen molar-refractivity contribution in [2.24, 2.45) is 0 Å². The van der Waals surface area contributed by atoms with Crippen molar-refractivity contribution in [2.45, 2.75) is 19.8 Å². The second-order valence-electron chi connectivity index (χ2n) is 6.15. The Balaban J connectivity index is 0.00000104. The largest absolute Gasteiger partial charge is 1.00 e. The van der Waals surface area contributed by atoms with Crippen LogP contribution in [0.15, 0.2) is 73.8 Å². The Hall–Kier alpha value is -0.877. The van der Waals surface area contributed by atoms with Gasteiger partial charge in [0.05, 0.1) is 0 Å². The fourth-order valence-electron chi connectivity index (χ4n) is 3.70. The molecule has 2 aromatic rings. The van der Waals surface area contributed by atoms with Crippen LogP contribution in [0.25, 0.3) is 11.1 Å². The van der Waals surface area contributed by atoms with Gasteiger partial charge in [0.25, 0.3) is 0 Å². The predicted octanol–water partition coefficient (Wildman–Crippen LogP) is -1.11. The van der Waals surface area contributed by atoms with E-state index in [1.54, 1.807) is 12.1 Å². The van der Waals surface area contributed by atoms with E-state index in [0.29, 0.717) is 0 Å². The van der Waals surface area contributed by atoms with Crippen LogP contribution >= 0.6 is 0 Å². The maximum Gasteiger partial charge on any atom is -1.00 e. The Morgan fingerprint density at radius 2 is 1.75 bits per heavy atom. The average molecular weight is 434 g/mol. The molecule has 0 saturated carbocycles.